The highest BCUT2D eigenvalue weighted by molar-refractivity contribution is 6.22. The van der Waals surface area contributed by atoms with Crippen molar-refractivity contribution in [3.8, 4) is 6.07 Å². The number of alkyl halides is 1. The van der Waals surface area contributed by atoms with Gasteiger partial charge in [-0.05, 0) is 5.92 Å². The third-order valence-corrected chi connectivity index (χ3v) is 1.31. The van der Waals surface area contributed by atoms with Crippen molar-refractivity contribution in [1.82, 2.24) is 0 Å². The largest absolute Gasteiger partial charge is 0.197 e. The SMILES string of the molecule is CC(C)C(Cl)C#N. The van der Waals surface area contributed by atoms with Crippen molar-refractivity contribution >= 4 is 11.6 Å². The standard InChI is InChI=1S/C5H8ClN/c1-4(2)5(6)3-7/h4-5H,1-2H3. The Hall–Kier alpha value is -0.220. The van der Waals surface area contributed by atoms with Gasteiger partial charge in [0.05, 0.1) is 6.07 Å². The molecule has 0 aliphatic heterocycles. The van der Waals surface area contributed by atoms with Crippen molar-refractivity contribution in [3.05, 3.63) is 0 Å². The maximum atomic E-state index is 8.12. The molecule has 1 nitrogen and oxygen atoms in total. The van der Waals surface area contributed by atoms with Crippen LogP contribution in [0.1, 0.15) is 13.8 Å². The summed E-state index contributed by atoms with van der Waals surface area (Å²) in [6, 6.07) is 1.93. The van der Waals surface area contributed by atoms with E-state index in [1.165, 1.54) is 0 Å². The summed E-state index contributed by atoms with van der Waals surface area (Å²) in [6.45, 7) is 3.84. The van der Waals surface area contributed by atoms with Crippen LogP contribution in [-0.4, -0.2) is 5.38 Å². The van der Waals surface area contributed by atoms with E-state index in [1.54, 1.807) is 0 Å². The topological polar surface area (TPSA) is 23.8 Å². The van der Waals surface area contributed by atoms with Crippen molar-refractivity contribution in [2.24, 2.45) is 5.92 Å². The van der Waals surface area contributed by atoms with E-state index < -0.39 is 0 Å². The third-order valence-electron chi connectivity index (χ3n) is 0.709. The molecule has 40 valence electrons. The Labute approximate surface area is 48.9 Å². The fraction of sp³-hybridized carbons (Fsp3) is 0.800. The van der Waals surface area contributed by atoms with Crippen LogP contribution in [0.15, 0.2) is 0 Å². The first-order chi connectivity index (χ1) is 3.18. The average molecular weight is 118 g/mol. The fourth-order valence-electron chi connectivity index (χ4n) is 0.149. The van der Waals surface area contributed by atoms with Crippen LogP contribution in [0.5, 0.6) is 0 Å². The van der Waals surface area contributed by atoms with Crippen LogP contribution in [0, 0.1) is 17.2 Å². The molecule has 0 heterocycles. The van der Waals surface area contributed by atoms with E-state index >= 15 is 0 Å². The molecule has 0 saturated heterocycles. The highest BCUT2D eigenvalue weighted by Gasteiger charge is 2.04. The van der Waals surface area contributed by atoms with Gasteiger partial charge >= 0.3 is 0 Å². The van der Waals surface area contributed by atoms with Gasteiger partial charge in [0.2, 0.25) is 0 Å². The lowest BCUT2D eigenvalue weighted by molar-refractivity contribution is 0.678. The molecule has 0 aliphatic carbocycles. The zero-order chi connectivity index (χ0) is 5.86. The summed E-state index contributed by atoms with van der Waals surface area (Å²) >= 11 is 5.44. The first-order valence-corrected chi connectivity index (χ1v) is 2.65. The highest BCUT2D eigenvalue weighted by Crippen LogP contribution is 2.06. The number of rotatable bonds is 1. The van der Waals surface area contributed by atoms with Gasteiger partial charge in [0.25, 0.3) is 0 Å². The molecule has 0 aromatic rings. The Balaban J connectivity index is 3.40. The first kappa shape index (κ1) is 6.78. The van der Waals surface area contributed by atoms with Crippen LogP contribution >= 0.6 is 11.6 Å². The Bertz CT molecular complexity index is 82.6. The molecule has 1 unspecified atom stereocenters. The molecule has 0 aromatic carbocycles. The Morgan fingerprint density at radius 3 is 2.00 bits per heavy atom. The van der Waals surface area contributed by atoms with Crippen LogP contribution in [-0.2, 0) is 0 Å². The molecule has 0 radical (unpaired) electrons. The lowest BCUT2D eigenvalue weighted by atomic mass is 10.1. The minimum absolute atomic E-state index is 0.270. The second-order valence-electron chi connectivity index (χ2n) is 1.77. The predicted molar refractivity (Wildman–Crippen MR) is 30.1 cm³/mol. The number of hydrogen-bond donors (Lipinski definition) is 0. The molecule has 0 aromatic heterocycles. The van der Waals surface area contributed by atoms with E-state index in [2.05, 4.69) is 0 Å². The Morgan fingerprint density at radius 1 is 1.57 bits per heavy atom. The summed E-state index contributed by atoms with van der Waals surface area (Å²) < 4.78 is 0. The Morgan fingerprint density at radius 2 is 2.00 bits per heavy atom. The molecule has 0 spiro atoms. The minimum Gasteiger partial charge on any atom is -0.197 e. The summed E-state index contributed by atoms with van der Waals surface area (Å²) in [5.74, 6) is 0.270. The van der Waals surface area contributed by atoms with Gasteiger partial charge in [-0.15, -0.1) is 11.6 Å². The predicted octanol–water partition coefficient (Wildman–Crippen LogP) is 1.77. The van der Waals surface area contributed by atoms with Gasteiger partial charge in [-0.2, -0.15) is 5.26 Å². The molecule has 0 N–H and O–H groups in total. The van der Waals surface area contributed by atoms with E-state index in [1.807, 2.05) is 19.9 Å². The van der Waals surface area contributed by atoms with Crippen molar-refractivity contribution in [3.63, 3.8) is 0 Å². The molecular formula is C5H8ClN. The summed E-state index contributed by atoms with van der Waals surface area (Å²) in [6.07, 6.45) is 0. The van der Waals surface area contributed by atoms with Gasteiger partial charge in [0, 0.05) is 0 Å². The van der Waals surface area contributed by atoms with Crippen LogP contribution in [0.3, 0.4) is 0 Å². The van der Waals surface area contributed by atoms with Crippen LogP contribution in [0.25, 0.3) is 0 Å². The molecule has 0 amide bonds. The number of nitrogens with zero attached hydrogens (tertiary/aromatic N) is 1. The van der Waals surface area contributed by atoms with Crippen molar-refractivity contribution in [2.75, 3.05) is 0 Å². The van der Waals surface area contributed by atoms with Gasteiger partial charge in [-0.1, -0.05) is 13.8 Å². The maximum Gasteiger partial charge on any atom is 0.122 e. The molecule has 0 aliphatic rings. The van der Waals surface area contributed by atoms with Crippen molar-refractivity contribution in [1.29, 1.82) is 5.26 Å². The van der Waals surface area contributed by atoms with Crippen LogP contribution < -0.4 is 0 Å². The second kappa shape index (κ2) is 2.87. The monoisotopic (exact) mass is 117 g/mol. The maximum absolute atomic E-state index is 8.12. The zero-order valence-corrected chi connectivity index (χ0v) is 5.24. The van der Waals surface area contributed by atoms with Gasteiger partial charge in [0.15, 0.2) is 0 Å². The molecule has 2 heteroatoms. The van der Waals surface area contributed by atoms with E-state index in [0.717, 1.165) is 0 Å². The summed E-state index contributed by atoms with van der Waals surface area (Å²) in [5.41, 5.74) is 0. The van der Waals surface area contributed by atoms with E-state index in [9.17, 15) is 0 Å². The van der Waals surface area contributed by atoms with Crippen LogP contribution in [0.4, 0.5) is 0 Å². The van der Waals surface area contributed by atoms with Gasteiger partial charge in [0.1, 0.15) is 5.38 Å². The lowest BCUT2D eigenvalue weighted by Gasteiger charge is -1.99. The molecule has 0 fully saturated rings. The average Bonchev–Trinajstić information content (AvgIpc) is 1.65. The lowest BCUT2D eigenvalue weighted by Crippen LogP contribution is -2.02. The minimum atomic E-state index is -0.319. The van der Waals surface area contributed by atoms with E-state index in [0.29, 0.717) is 0 Å². The molecule has 0 bridgehead atoms. The summed E-state index contributed by atoms with van der Waals surface area (Å²) in [5, 5.41) is 7.80. The molecule has 0 rings (SSSR count). The van der Waals surface area contributed by atoms with Crippen LogP contribution in [0.2, 0.25) is 0 Å². The van der Waals surface area contributed by atoms with E-state index in [4.69, 9.17) is 16.9 Å². The smallest absolute Gasteiger partial charge is 0.122 e. The highest BCUT2D eigenvalue weighted by atomic mass is 35.5. The molecule has 1 atom stereocenters. The summed E-state index contributed by atoms with van der Waals surface area (Å²) in [4.78, 5) is 0. The fourth-order valence-corrected chi connectivity index (χ4v) is 0.149. The second-order valence-corrected chi connectivity index (χ2v) is 2.25. The molecule has 7 heavy (non-hydrogen) atoms. The van der Waals surface area contributed by atoms with Gasteiger partial charge in [-0.25, -0.2) is 0 Å². The third kappa shape index (κ3) is 2.47. The molecule has 0 saturated carbocycles. The summed E-state index contributed by atoms with van der Waals surface area (Å²) in [7, 11) is 0. The van der Waals surface area contributed by atoms with Crippen molar-refractivity contribution in [2.45, 2.75) is 19.2 Å². The first-order valence-electron chi connectivity index (χ1n) is 2.22. The van der Waals surface area contributed by atoms with E-state index in [-0.39, 0.29) is 11.3 Å². The van der Waals surface area contributed by atoms with Crippen molar-refractivity contribution < 1.29 is 0 Å². The number of hydrogen-bond acceptors (Lipinski definition) is 1. The zero-order valence-electron chi connectivity index (χ0n) is 4.48. The normalized spacial score (nSPS) is 13.6. The Kier molecular flexibility index (Phi) is 2.78. The van der Waals surface area contributed by atoms with Gasteiger partial charge < -0.3 is 0 Å². The molecular weight excluding hydrogens is 110 g/mol. The number of nitriles is 1. The van der Waals surface area contributed by atoms with Gasteiger partial charge in [-0.3, -0.25) is 0 Å². The quantitative estimate of drug-likeness (QED) is 0.481. The number of halogens is 1.